The van der Waals surface area contributed by atoms with Gasteiger partial charge in [0.15, 0.2) is 0 Å². The van der Waals surface area contributed by atoms with Gasteiger partial charge in [-0.3, -0.25) is 4.98 Å². The number of carbonyl (C=O) groups excluding carboxylic acids is 1. The number of halogens is 3. The number of nitrogens with one attached hydrogen (secondary N) is 1. The number of carbonyl (C=O) groups is 1. The minimum absolute atomic E-state index is 0.294. The lowest BCUT2D eigenvalue weighted by atomic mass is 9.93. The maximum Gasteiger partial charge on any atom is 0.416 e. The molecule has 2 aromatic rings. The molecular formula is C23H24F3N3O. The molecule has 158 valence electrons. The maximum atomic E-state index is 13.0. The number of rotatable bonds is 6. The summed E-state index contributed by atoms with van der Waals surface area (Å²) >= 11 is 0. The predicted octanol–water partition coefficient (Wildman–Crippen LogP) is 5.39. The standard InChI is InChI=1S/C23H24F3N3O/c24-23(25,26)19-6-8-21(9-7-19)28-22(30)29(12-10-20-3-1-2-11-27-20)15-18-14-16-4-5-17(18)13-16/h1-9,11,16-18H,10,12-15H2,(H,28,30). The van der Waals surface area contributed by atoms with E-state index in [4.69, 9.17) is 0 Å². The van der Waals surface area contributed by atoms with E-state index in [2.05, 4.69) is 22.5 Å². The van der Waals surface area contributed by atoms with Crippen molar-refractivity contribution in [3.63, 3.8) is 0 Å². The number of amides is 2. The van der Waals surface area contributed by atoms with Crippen LogP contribution in [0, 0.1) is 17.8 Å². The van der Waals surface area contributed by atoms with Crippen LogP contribution in [-0.4, -0.2) is 29.0 Å². The van der Waals surface area contributed by atoms with Gasteiger partial charge in [-0.1, -0.05) is 18.2 Å². The first kappa shape index (κ1) is 20.4. The molecule has 3 atom stereocenters. The monoisotopic (exact) mass is 415 g/mol. The van der Waals surface area contributed by atoms with Gasteiger partial charge < -0.3 is 10.2 Å². The summed E-state index contributed by atoms with van der Waals surface area (Å²) in [7, 11) is 0. The smallest absolute Gasteiger partial charge is 0.324 e. The number of alkyl halides is 3. The number of hydrogen-bond acceptors (Lipinski definition) is 2. The number of nitrogens with zero attached hydrogens (tertiary/aromatic N) is 2. The normalized spacial score (nSPS) is 22.3. The fourth-order valence-electron chi connectivity index (χ4n) is 4.40. The van der Waals surface area contributed by atoms with E-state index in [1.54, 1.807) is 11.1 Å². The van der Waals surface area contributed by atoms with E-state index in [0.717, 1.165) is 30.7 Å². The van der Waals surface area contributed by atoms with Crippen LogP contribution in [0.4, 0.5) is 23.7 Å². The Morgan fingerprint density at radius 1 is 1.10 bits per heavy atom. The average molecular weight is 415 g/mol. The fourth-order valence-corrected chi connectivity index (χ4v) is 4.40. The first-order valence-corrected chi connectivity index (χ1v) is 10.2. The van der Waals surface area contributed by atoms with E-state index in [1.165, 1.54) is 12.1 Å². The molecule has 3 unspecified atom stereocenters. The second-order valence-electron chi connectivity index (χ2n) is 8.06. The van der Waals surface area contributed by atoms with Crippen LogP contribution < -0.4 is 5.32 Å². The number of hydrogen-bond donors (Lipinski definition) is 1. The topological polar surface area (TPSA) is 45.2 Å². The zero-order valence-electron chi connectivity index (χ0n) is 16.5. The summed E-state index contributed by atoms with van der Waals surface area (Å²) in [6.07, 6.45) is 4.70. The maximum absolute atomic E-state index is 13.0. The van der Waals surface area contributed by atoms with Crippen molar-refractivity contribution in [1.82, 2.24) is 9.88 Å². The zero-order chi connectivity index (χ0) is 21.1. The van der Waals surface area contributed by atoms with Gasteiger partial charge in [0.1, 0.15) is 0 Å². The van der Waals surface area contributed by atoms with E-state index in [-0.39, 0.29) is 6.03 Å². The number of aromatic nitrogens is 1. The molecule has 0 radical (unpaired) electrons. The summed E-state index contributed by atoms with van der Waals surface area (Å²) in [5, 5.41) is 2.76. The number of fused-ring (bicyclic) bond motifs is 2. The Bertz CT molecular complexity index is 896. The molecule has 2 bridgehead atoms. The zero-order valence-corrected chi connectivity index (χ0v) is 16.5. The molecule has 2 amide bonds. The Balaban J connectivity index is 1.43. The minimum atomic E-state index is -4.40. The van der Waals surface area contributed by atoms with Crippen LogP contribution in [0.5, 0.6) is 0 Å². The summed E-state index contributed by atoms with van der Waals surface area (Å²) in [6.45, 7) is 1.13. The van der Waals surface area contributed by atoms with Crippen molar-refractivity contribution in [3.8, 4) is 0 Å². The molecule has 1 N–H and O–H groups in total. The van der Waals surface area contributed by atoms with Crippen LogP contribution in [0.2, 0.25) is 0 Å². The first-order valence-electron chi connectivity index (χ1n) is 10.2. The van der Waals surface area contributed by atoms with Crippen molar-refractivity contribution >= 4 is 11.7 Å². The van der Waals surface area contributed by atoms with Crippen molar-refractivity contribution < 1.29 is 18.0 Å². The molecule has 4 nitrogen and oxygen atoms in total. The van der Waals surface area contributed by atoms with Gasteiger partial charge in [-0.05, 0) is 67.0 Å². The molecule has 1 heterocycles. The van der Waals surface area contributed by atoms with Crippen LogP contribution in [0.3, 0.4) is 0 Å². The summed E-state index contributed by atoms with van der Waals surface area (Å²) in [4.78, 5) is 19.1. The summed E-state index contributed by atoms with van der Waals surface area (Å²) in [5.41, 5.74) is 0.516. The molecule has 1 aromatic carbocycles. The molecule has 1 aromatic heterocycles. The highest BCUT2D eigenvalue weighted by Crippen LogP contribution is 2.43. The molecule has 0 spiro atoms. The first-order chi connectivity index (χ1) is 14.4. The van der Waals surface area contributed by atoms with Crippen molar-refractivity contribution in [2.45, 2.75) is 25.4 Å². The molecule has 4 rings (SSSR count). The molecule has 0 saturated heterocycles. The van der Waals surface area contributed by atoms with Gasteiger partial charge in [-0.15, -0.1) is 0 Å². The Morgan fingerprint density at radius 2 is 1.90 bits per heavy atom. The van der Waals surface area contributed by atoms with Crippen LogP contribution in [0.1, 0.15) is 24.1 Å². The van der Waals surface area contributed by atoms with E-state index in [0.29, 0.717) is 43.0 Å². The SMILES string of the molecule is O=C(Nc1ccc(C(F)(F)F)cc1)N(CCc1ccccn1)CC1CC2C=CC1C2. The second-order valence-corrected chi connectivity index (χ2v) is 8.06. The lowest BCUT2D eigenvalue weighted by Gasteiger charge is -2.29. The van der Waals surface area contributed by atoms with Crippen molar-refractivity contribution in [1.29, 1.82) is 0 Å². The minimum Gasteiger partial charge on any atom is -0.324 e. The number of pyridine rings is 1. The quantitative estimate of drug-likeness (QED) is 0.643. The summed E-state index contributed by atoms with van der Waals surface area (Å²) in [5.74, 6) is 1.53. The Labute approximate surface area is 173 Å². The van der Waals surface area contributed by atoms with E-state index < -0.39 is 11.7 Å². The highest BCUT2D eigenvalue weighted by molar-refractivity contribution is 5.89. The molecule has 2 aliphatic rings. The fraction of sp³-hybridized carbons (Fsp3) is 0.391. The van der Waals surface area contributed by atoms with Gasteiger partial charge >= 0.3 is 12.2 Å². The molecule has 7 heteroatoms. The molecule has 1 saturated carbocycles. The number of urea groups is 1. The summed E-state index contributed by atoms with van der Waals surface area (Å²) < 4.78 is 38.3. The lowest BCUT2D eigenvalue weighted by molar-refractivity contribution is -0.137. The van der Waals surface area contributed by atoms with Crippen LogP contribution in [-0.2, 0) is 12.6 Å². The Morgan fingerprint density at radius 3 is 2.50 bits per heavy atom. The number of anilines is 1. The largest absolute Gasteiger partial charge is 0.416 e. The van der Waals surface area contributed by atoms with Gasteiger partial charge in [0.2, 0.25) is 0 Å². The van der Waals surface area contributed by atoms with E-state index in [9.17, 15) is 18.0 Å². The van der Waals surface area contributed by atoms with Gasteiger partial charge in [-0.2, -0.15) is 13.2 Å². The molecular weight excluding hydrogens is 391 g/mol. The van der Waals surface area contributed by atoms with Gasteiger partial charge in [-0.25, -0.2) is 4.79 Å². The molecule has 30 heavy (non-hydrogen) atoms. The summed E-state index contributed by atoms with van der Waals surface area (Å²) in [6, 6.07) is 9.93. The van der Waals surface area contributed by atoms with Gasteiger partial charge in [0.25, 0.3) is 0 Å². The number of allylic oxidation sites excluding steroid dienone is 2. The number of benzene rings is 1. The van der Waals surface area contributed by atoms with Crippen molar-refractivity contribution in [2.24, 2.45) is 17.8 Å². The second kappa shape index (κ2) is 8.50. The van der Waals surface area contributed by atoms with Crippen LogP contribution >= 0.6 is 0 Å². The average Bonchev–Trinajstić information content (AvgIpc) is 3.35. The third-order valence-electron chi connectivity index (χ3n) is 5.99. The van der Waals surface area contributed by atoms with Gasteiger partial charge in [0, 0.05) is 37.1 Å². The highest BCUT2D eigenvalue weighted by Gasteiger charge is 2.37. The third-order valence-corrected chi connectivity index (χ3v) is 5.99. The van der Waals surface area contributed by atoms with Crippen LogP contribution in [0.25, 0.3) is 0 Å². The predicted molar refractivity (Wildman–Crippen MR) is 109 cm³/mol. The van der Waals surface area contributed by atoms with Crippen molar-refractivity contribution in [3.05, 3.63) is 72.1 Å². The van der Waals surface area contributed by atoms with Gasteiger partial charge in [0.05, 0.1) is 5.56 Å². The van der Waals surface area contributed by atoms with Crippen LogP contribution in [0.15, 0.2) is 60.8 Å². The highest BCUT2D eigenvalue weighted by atomic mass is 19.4. The third kappa shape index (κ3) is 4.83. The lowest BCUT2D eigenvalue weighted by Crippen LogP contribution is -2.40. The van der Waals surface area contributed by atoms with E-state index >= 15 is 0 Å². The van der Waals surface area contributed by atoms with Crippen molar-refractivity contribution in [2.75, 3.05) is 18.4 Å². The molecule has 2 aliphatic carbocycles. The Hall–Kier alpha value is -2.83. The Kier molecular flexibility index (Phi) is 5.79. The molecule has 1 fully saturated rings. The van der Waals surface area contributed by atoms with E-state index in [1.807, 2.05) is 18.2 Å². The molecule has 0 aliphatic heterocycles.